The first-order valence-electron chi connectivity index (χ1n) is 7.77. The summed E-state index contributed by atoms with van der Waals surface area (Å²) in [5.74, 6) is 0.774. The van der Waals surface area contributed by atoms with Crippen molar-refractivity contribution in [3.8, 4) is 0 Å². The summed E-state index contributed by atoms with van der Waals surface area (Å²) < 4.78 is 5.52. The molecular formula is C16H27NO2. The summed E-state index contributed by atoms with van der Waals surface area (Å²) in [6, 6.07) is 0.822. The SMILES string of the molecule is C=CCCCCCCC(=O)C1CC2COCC(C1)N2. The van der Waals surface area contributed by atoms with Crippen LogP contribution in [0.5, 0.6) is 0 Å². The number of rotatable bonds is 8. The first-order valence-corrected chi connectivity index (χ1v) is 7.77. The number of piperidine rings is 1. The number of ether oxygens (including phenoxy) is 1. The van der Waals surface area contributed by atoms with Crippen LogP contribution >= 0.6 is 0 Å². The smallest absolute Gasteiger partial charge is 0.136 e. The minimum Gasteiger partial charge on any atom is -0.378 e. The third-order valence-electron chi connectivity index (χ3n) is 4.28. The Bertz CT molecular complexity index is 291. The lowest BCUT2D eigenvalue weighted by Crippen LogP contribution is -2.55. The molecule has 3 heteroatoms. The van der Waals surface area contributed by atoms with E-state index >= 15 is 0 Å². The number of hydrogen-bond acceptors (Lipinski definition) is 3. The van der Waals surface area contributed by atoms with Gasteiger partial charge in [0.25, 0.3) is 0 Å². The van der Waals surface area contributed by atoms with Crippen LogP contribution in [0.2, 0.25) is 0 Å². The largest absolute Gasteiger partial charge is 0.378 e. The molecule has 2 bridgehead atoms. The Morgan fingerprint density at radius 2 is 1.84 bits per heavy atom. The maximum atomic E-state index is 12.2. The molecule has 0 saturated carbocycles. The van der Waals surface area contributed by atoms with Crippen LogP contribution in [0.25, 0.3) is 0 Å². The first kappa shape index (κ1) is 14.7. The molecule has 2 heterocycles. The molecule has 2 aliphatic heterocycles. The normalized spacial score (nSPS) is 30.0. The molecule has 0 aromatic rings. The van der Waals surface area contributed by atoms with Gasteiger partial charge in [-0.05, 0) is 32.1 Å². The maximum absolute atomic E-state index is 12.2. The van der Waals surface area contributed by atoms with Gasteiger partial charge in [-0.1, -0.05) is 18.9 Å². The molecule has 0 aliphatic carbocycles. The van der Waals surface area contributed by atoms with Crippen LogP contribution < -0.4 is 5.32 Å². The highest BCUT2D eigenvalue weighted by Gasteiger charge is 2.34. The molecule has 1 N–H and O–H groups in total. The number of fused-ring (bicyclic) bond motifs is 2. The van der Waals surface area contributed by atoms with Gasteiger partial charge in [0.1, 0.15) is 5.78 Å². The molecule has 2 atom stereocenters. The topological polar surface area (TPSA) is 38.3 Å². The van der Waals surface area contributed by atoms with Crippen LogP contribution in [0, 0.1) is 5.92 Å². The van der Waals surface area contributed by atoms with Gasteiger partial charge < -0.3 is 10.1 Å². The number of ketones is 1. The van der Waals surface area contributed by atoms with E-state index in [4.69, 9.17) is 4.74 Å². The Kier molecular flexibility index (Phi) is 6.05. The summed E-state index contributed by atoms with van der Waals surface area (Å²) >= 11 is 0. The van der Waals surface area contributed by atoms with Gasteiger partial charge in [-0.25, -0.2) is 0 Å². The molecule has 2 fully saturated rings. The number of allylic oxidation sites excluding steroid dienone is 1. The second kappa shape index (κ2) is 7.81. The van der Waals surface area contributed by atoms with Crippen molar-refractivity contribution in [2.75, 3.05) is 13.2 Å². The fourth-order valence-electron chi connectivity index (χ4n) is 3.25. The van der Waals surface area contributed by atoms with E-state index in [1.165, 1.54) is 19.3 Å². The molecule has 19 heavy (non-hydrogen) atoms. The number of hydrogen-bond donors (Lipinski definition) is 1. The van der Waals surface area contributed by atoms with Gasteiger partial charge in [0.05, 0.1) is 13.2 Å². The Morgan fingerprint density at radius 1 is 1.16 bits per heavy atom. The summed E-state index contributed by atoms with van der Waals surface area (Å²) in [6.45, 7) is 5.28. The number of Topliss-reactive ketones (excluding diaryl/α,β-unsaturated/α-hetero) is 1. The van der Waals surface area contributed by atoms with E-state index in [1.807, 2.05) is 6.08 Å². The molecule has 2 rings (SSSR count). The average molecular weight is 265 g/mol. The second-order valence-electron chi connectivity index (χ2n) is 5.97. The van der Waals surface area contributed by atoms with Gasteiger partial charge in [0, 0.05) is 24.4 Å². The van der Waals surface area contributed by atoms with Crippen molar-refractivity contribution in [3.63, 3.8) is 0 Å². The number of carbonyl (C=O) groups excluding carboxylic acids is 1. The van der Waals surface area contributed by atoms with Gasteiger partial charge in [-0.3, -0.25) is 4.79 Å². The number of carbonyl (C=O) groups is 1. The van der Waals surface area contributed by atoms with Crippen LogP contribution in [0.1, 0.15) is 51.4 Å². The van der Waals surface area contributed by atoms with Crippen molar-refractivity contribution in [1.29, 1.82) is 0 Å². The molecule has 3 nitrogen and oxygen atoms in total. The fourth-order valence-corrected chi connectivity index (χ4v) is 3.25. The van der Waals surface area contributed by atoms with Crippen LogP contribution in [0.3, 0.4) is 0 Å². The molecule has 2 unspecified atom stereocenters. The van der Waals surface area contributed by atoms with Crippen LogP contribution in [0.4, 0.5) is 0 Å². The predicted octanol–water partition coefficient (Wildman–Crippen LogP) is 2.85. The minimum absolute atomic E-state index is 0.285. The van der Waals surface area contributed by atoms with E-state index in [-0.39, 0.29) is 5.92 Å². The van der Waals surface area contributed by atoms with Crippen LogP contribution in [-0.4, -0.2) is 31.1 Å². The zero-order valence-corrected chi connectivity index (χ0v) is 11.9. The minimum atomic E-state index is 0.285. The zero-order valence-electron chi connectivity index (χ0n) is 11.9. The van der Waals surface area contributed by atoms with Crippen LogP contribution in [0.15, 0.2) is 12.7 Å². The van der Waals surface area contributed by atoms with Crippen molar-refractivity contribution in [1.82, 2.24) is 5.32 Å². The molecule has 0 aromatic heterocycles. The average Bonchev–Trinajstić information content (AvgIpc) is 2.42. The molecule has 0 amide bonds. The second-order valence-corrected chi connectivity index (χ2v) is 5.97. The standard InChI is InChI=1S/C16H27NO2/c1-2-3-4-5-6-7-8-16(18)13-9-14-11-19-12-15(10-13)17-14/h2,13-15,17H,1,3-12H2. The molecule has 2 saturated heterocycles. The fraction of sp³-hybridized carbons (Fsp3) is 0.812. The lowest BCUT2D eigenvalue weighted by atomic mass is 9.83. The molecule has 108 valence electrons. The van der Waals surface area contributed by atoms with E-state index in [0.29, 0.717) is 17.9 Å². The van der Waals surface area contributed by atoms with Crippen molar-refractivity contribution in [2.24, 2.45) is 5.92 Å². The maximum Gasteiger partial charge on any atom is 0.136 e. The molecule has 0 aromatic carbocycles. The Hall–Kier alpha value is -0.670. The summed E-state index contributed by atoms with van der Waals surface area (Å²) in [6.07, 6.45) is 10.5. The van der Waals surface area contributed by atoms with Gasteiger partial charge in [-0.2, -0.15) is 0 Å². The first-order chi connectivity index (χ1) is 9.29. The van der Waals surface area contributed by atoms with E-state index < -0.39 is 0 Å². The lowest BCUT2D eigenvalue weighted by Gasteiger charge is -2.39. The molecule has 0 radical (unpaired) electrons. The zero-order chi connectivity index (χ0) is 13.5. The monoisotopic (exact) mass is 265 g/mol. The highest BCUT2D eigenvalue weighted by molar-refractivity contribution is 5.81. The van der Waals surface area contributed by atoms with Crippen molar-refractivity contribution in [3.05, 3.63) is 12.7 Å². The number of morpholine rings is 1. The highest BCUT2D eigenvalue weighted by atomic mass is 16.5. The van der Waals surface area contributed by atoms with E-state index in [0.717, 1.165) is 45.3 Å². The molecular weight excluding hydrogens is 238 g/mol. The van der Waals surface area contributed by atoms with Crippen molar-refractivity contribution in [2.45, 2.75) is 63.5 Å². The quantitative estimate of drug-likeness (QED) is 0.542. The van der Waals surface area contributed by atoms with Crippen molar-refractivity contribution >= 4 is 5.78 Å². The van der Waals surface area contributed by atoms with E-state index in [1.54, 1.807) is 0 Å². The predicted molar refractivity (Wildman–Crippen MR) is 77.2 cm³/mol. The van der Waals surface area contributed by atoms with E-state index in [9.17, 15) is 4.79 Å². The Morgan fingerprint density at radius 3 is 2.53 bits per heavy atom. The molecule has 2 aliphatic rings. The lowest BCUT2D eigenvalue weighted by molar-refractivity contribution is -0.126. The summed E-state index contributed by atoms with van der Waals surface area (Å²) in [5.41, 5.74) is 0. The third kappa shape index (κ3) is 4.73. The molecule has 0 spiro atoms. The van der Waals surface area contributed by atoms with Gasteiger partial charge in [-0.15, -0.1) is 6.58 Å². The van der Waals surface area contributed by atoms with E-state index in [2.05, 4.69) is 11.9 Å². The number of nitrogens with one attached hydrogen (secondary N) is 1. The Labute approximate surface area is 116 Å². The van der Waals surface area contributed by atoms with Gasteiger partial charge in [0.15, 0.2) is 0 Å². The summed E-state index contributed by atoms with van der Waals surface area (Å²) in [4.78, 5) is 12.2. The van der Waals surface area contributed by atoms with Gasteiger partial charge >= 0.3 is 0 Å². The van der Waals surface area contributed by atoms with Crippen molar-refractivity contribution < 1.29 is 9.53 Å². The van der Waals surface area contributed by atoms with Gasteiger partial charge in [0.2, 0.25) is 0 Å². The van der Waals surface area contributed by atoms with Crippen LogP contribution in [-0.2, 0) is 9.53 Å². The summed E-state index contributed by atoms with van der Waals surface area (Å²) in [7, 11) is 0. The number of unbranched alkanes of at least 4 members (excludes halogenated alkanes) is 4. The summed E-state index contributed by atoms with van der Waals surface area (Å²) in [5, 5.41) is 3.54. The highest BCUT2D eigenvalue weighted by Crippen LogP contribution is 2.26. The Balaban J connectivity index is 1.61. The third-order valence-corrected chi connectivity index (χ3v) is 4.28.